The molecule has 3 heterocycles. The summed E-state index contributed by atoms with van der Waals surface area (Å²) in [5.74, 6) is 0.223. The highest BCUT2D eigenvalue weighted by Gasteiger charge is 2.36. The lowest BCUT2D eigenvalue weighted by atomic mass is 10.0. The van der Waals surface area contributed by atoms with Crippen molar-refractivity contribution in [1.82, 2.24) is 19.7 Å². The van der Waals surface area contributed by atoms with Crippen molar-refractivity contribution in [2.45, 2.75) is 51.2 Å². The number of carbonyl (C=O) groups excluding carboxylic acids is 1. The van der Waals surface area contributed by atoms with Crippen LogP contribution in [0.3, 0.4) is 0 Å². The van der Waals surface area contributed by atoms with Crippen LogP contribution in [0, 0.1) is 6.92 Å². The summed E-state index contributed by atoms with van der Waals surface area (Å²) < 4.78 is 2.30. The molecular weight excluding hydrogens is 336 g/mol. The Morgan fingerprint density at radius 1 is 1.15 bits per heavy atom. The average Bonchev–Trinajstić information content (AvgIpc) is 3.27. The molecule has 5 heteroatoms. The SMILES string of the molecule is Cc1cc2ccccc2n1CCNC(=O)[C@@H]1CCCN1C1CCN(C)CC1. The van der Waals surface area contributed by atoms with Crippen molar-refractivity contribution in [3.63, 3.8) is 0 Å². The summed E-state index contributed by atoms with van der Waals surface area (Å²) in [6, 6.07) is 11.3. The highest BCUT2D eigenvalue weighted by molar-refractivity contribution is 5.82. The lowest BCUT2D eigenvalue weighted by Crippen LogP contribution is -2.51. The second kappa shape index (κ2) is 8.03. The van der Waals surface area contributed by atoms with Gasteiger partial charge >= 0.3 is 0 Å². The van der Waals surface area contributed by atoms with E-state index in [0.717, 1.165) is 39.0 Å². The summed E-state index contributed by atoms with van der Waals surface area (Å²) >= 11 is 0. The molecule has 0 saturated carbocycles. The monoisotopic (exact) mass is 368 g/mol. The van der Waals surface area contributed by atoms with Crippen LogP contribution in [0.5, 0.6) is 0 Å². The first-order valence-electron chi connectivity index (χ1n) is 10.4. The van der Waals surface area contributed by atoms with E-state index >= 15 is 0 Å². The van der Waals surface area contributed by atoms with Crippen LogP contribution in [0.25, 0.3) is 10.9 Å². The molecule has 1 atom stereocenters. The number of aromatic nitrogens is 1. The molecule has 2 aliphatic heterocycles. The summed E-state index contributed by atoms with van der Waals surface area (Å²) in [5, 5.41) is 4.49. The molecule has 2 fully saturated rings. The van der Waals surface area contributed by atoms with Crippen molar-refractivity contribution >= 4 is 16.8 Å². The predicted molar refractivity (Wildman–Crippen MR) is 110 cm³/mol. The number of carbonyl (C=O) groups is 1. The molecule has 0 bridgehead atoms. The fourth-order valence-corrected chi connectivity index (χ4v) is 4.89. The maximum atomic E-state index is 12.9. The smallest absolute Gasteiger partial charge is 0.237 e. The minimum Gasteiger partial charge on any atom is -0.353 e. The highest BCUT2D eigenvalue weighted by atomic mass is 16.2. The topological polar surface area (TPSA) is 40.5 Å². The number of nitrogens with zero attached hydrogens (tertiary/aromatic N) is 3. The largest absolute Gasteiger partial charge is 0.353 e. The summed E-state index contributed by atoms with van der Waals surface area (Å²) in [6.07, 6.45) is 4.53. The van der Waals surface area contributed by atoms with Gasteiger partial charge < -0.3 is 14.8 Å². The van der Waals surface area contributed by atoms with Gasteiger partial charge in [0.15, 0.2) is 0 Å². The summed E-state index contributed by atoms with van der Waals surface area (Å²) in [7, 11) is 2.19. The number of hydrogen-bond donors (Lipinski definition) is 1. The number of aryl methyl sites for hydroxylation is 1. The highest BCUT2D eigenvalue weighted by Crippen LogP contribution is 2.26. The molecule has 1 aromatic carbocycles. The fraction of sp³-hybridized carbons (Fsp3) is 0.591. The maximum absolute atomic E-state index is 12.9. The number of hydrogen-bond acceptors (Lipinski definition) is 3. The van der Waals surface area contributed by atoms with E-state index in [-0.39, 0.29) is 11.9 Å². The molecule has 2 aromatic rings. The van der Waals surface area contributed by atoms with Gasteiger partial charge in [0.05, 0.1) is 6.04 Å². The van der Waals surface area contributed by atoms with E-state index in [0.29, 0.717) is 12.6 Å². The Labute approximate surface area is 162 Å². The Balaban J connectivity index is 1.34. The van der Waals surface area contributed by atoms with Crippen LogP contribution in [-0.2, 0) is 11.3 Å². The van der Waals surface area contributed by atoms with Crippen molar-refractivity contribution in [2.75, 3.05) is 33.2 Å². The third-order valence-corrected chi connectivity index (χ3v) is 6.41. The van der Waals surface area contributed by atoms with Gasteiger partial charge in [0.2, 0.25) is 5.91 Å². The zero-order valence-electron chi connectivity index (χ0n) is 16.7. The molecule has 2 saturated heterocycles. The minimum atomic E-state index is 0.0703. The molecule has 0 radical (unpaired) electrons. The van der Waals surface area contributed by atoms with Crippen molar-refractivity contribution in [2.24, 2.45) is 0 Å². The van der Waals surface area contributed by atoms with Crippen LogP contribution in [-0.4, -0.2) is 65.6 Å². The zero-order valence-corrected chi connectivity index (χ0v) is 16.7. The van der Waals surface area contributed by atoms with Crippen LogP contribution >= 0.6 is 0 Å². The van der Waals surface area contributed by atoms with Gasteiger partial charge in [0, 0.05) is 30.3 Å². The maximum Gasteiger partial charge on any atom is 0.237 e. The van der Waals surface area contributed by atoms with Gasteiger partial charge in [-0.1, -0.05) is 18.2 Å². The number of nitrogens with one attached hydrogen (secondary N) is 1. The molecule has 0 unspecified atom stereocenters. The quantitative estimate of drug-likeness (QED) is 0.882. The number of benzene rings is 1. The Hall–Kier alpha value is -1.85. The lowest BCUT2D eigenvalue weighted by molar-refractivity contribution is -0.126. The number of amides is 1. The number of piperidine rings is 1. The Bertz CT molecular complexity index is 791. The van der Waals surface area contributed by atoms with E-state index in [1.54, 1.807) is 0 Å². The number of likely N-dealkylation sites (tertiary alicyclic amines) is 2. The first kappa shape index (κ1) is 18.5. The average molecular weight is 369 g/mol. The molecular formula is C22H32N4O. The van der Waals surface area contributed by atoms with Gasteiger partial charge in [-0.3, -0.25) is 9.69 Å². The molecule has 1 amide bonds. The molecule has 146 valence electrons. The van der Waals surface area contributed by atoms with Crippen LogP contribution in [0.4, 0.5) is 0 Å². The van der Waals surface area contributed by atoms with E-state index in [1.807, 2.05) is 0 Å². The van der Waals surface area contributed by atoms with Crippen LogP contribution < -0.4 is 5.32 Å². The molecule has 2 aliphatic rings. The standard InChI is InChI=1S/C22H32N4O/c1-17-16-18-6-3-4-7-20(18)25(17)15-11-23-22(27)21-8-5-12-26(21)19-9-13-24(2)14-10-19/h3-4,6-7,16,19,21H,5,8-15H2,1-2H3,(H,23,27)/t21-/m0/s1. The van der Waals surface area contributed by atoms with E-state index in [4.69, 9.17) is 0 Å². The third kappa shape index (κ3) is 3.90. The van der Waals surface area contributed by atoms with Crippen molar-refractivity contribution in [3.8, 4) is 0 Å². The van der Waals surface area contributed by atoms with Crippen LogP contribution in [0.2, 0.25) is 0 Å². The van der Waals surface area contributed by atoms with E-state index in [9.17, 15) is 4.79 Å². The van der Waals surface area contributed by atoms with E-state index in [2.05, 4.69) is 64.0 Å². The Kier molecular flexibility index (Phi) is 5.50. The third-order valence-electron chi connectivity index (χ3n) is 6.41. The van der Waals surface area contributed by atoms with E-state index < -0.39 is 0 Å². The second-order valence-corrected chi connectivity index (χ2v) is 8.22. The molecule has 1 N–H and O–H groups in total. The first-order valence-corrected chi connectivity index (χ1v) is 10.4. The van der Waals surface area contributed by atoms with Gasteiger partial charge in [0.1, 0.15) is 0 Å². The number of para-hydroxylation sites is 1. The molecule has 27 heavy (non-hydrogen) atoms. The summed E-state index contributed by atoms with van der Waals surface area (Å²) in [6.45, 7) is 7.03. The van der Waals surface area contributed by atoms with Gasteiger partial charge in [-0.2, -0.15) is 0 Å². The molecule has 0 aliphatic carbocycles. The molecule has 4 rings (SSSR count). The first-order chi connectivity index (χ1) is 13.1. The molecule has 5 nitrogen and oxygen atoms in total. The van der Waals surface area contributed by atoms with E-state index in [1.165, 1.54) is 29.4 Å². The fourth-order valence-electron chi connectivity index (χ4n) is 4.89. The minimum absolute atomic E-state index is 0.0703. The number of fused-ring (bicyclic) bond motifs is 1. The Morgan fingerprint density at radius 2 is 1.93 bits per heavy atom. The van der Waals surface area contributed by atoms with Gasteiger partial charge in [-0.25, -0.2) is 0 Å². The van der Waals surface area contributed by atoms with Gasteiger partial charge in [0.25, 0.3) is 0 Å². The zero-order chi connectivity index (χ0) is 18.8. The summed E-state index contributed by atoms with van der Waals surface area (Å²) in [5.41, 5.74) is 2.50. The van der Waals surface area contributed by atoms with Gasteiger partial charge in [-0.05, 0) is 76.8 Å². The molecule has 1 aromatic heterocycles. The van der Waals surface area contributed by atoms with Crippen LogP contribution in [0.15, 0.2) is 30.3 Å². The lowest BCUT2D eigenvalue weighted by Gasteiger charge is -2.37. The number of rotatable bonds is 5. The second-order valence-electron chi connectivity index (χ2n) is 8.22. The van der Waals surface area contributed by atoms with Crippen molar-refractivity contribution in [1.29, 1.82) is 0 Å². The van der Waals surface area contributed by atoms with Gasteiger partial charge in [-0.15, -0.1) is 0 Å². The normalized spacial score (nSPS) is 22.5. The summed E-state index contributed by atoms with van der Waals surface area (Å²) in [4.78, 5) is 17.7. The molecule has 0 spiro atoms. The predicted octanol–water partition coefficient (Wildman–Crippen LogP) is 2.62. The van der Waals surface area contributed by atoms with Crippen molar-refractivity contribution in [3.05, 3.63) is 36.0 Å². The van der Waals surface area contributed by atoms with Crippen molar-refractivity contribution < 1.29 is 4.79 Å². The van der Waals surface area contributed by atoms with Crippen LogP contribution in [0.1, 0.15) is 31.4 Å². The Morgan fingerprint density at radius 3 is 2.74 bits per heavy atom.